The summed E-state index contributed by atoms with van der Waals surface area (Å²) in [6.07, 6.45) is 1.88. The monoisotopic (exact) mass is 621 g/mol. The van der Waals surface area contributed by atoms with Crippen LogP contribution in [0.3, 0.4) is 0 Å². The van der Waals surface area contributed by atoms with E-state index in [1.54, 1.807) is 6.07 Å². The van der Waals surface area contributed by atoms with Crippen LogP contribution in [-0.4, -0.2) is 10.1 Å². The summed E-state index contributed by atoms with van der Waals surface area (Å²) < 4.78 is 0. The number of aromatic hydroxyl groups is 1. The number of rotatable bonds is 7. The van der Waals surface area contributed by atoms with Gasteiger partial charge in [-0.05, 0) is 94.5 Å². The van der Waals surface area contributed by atoms with Crippen LogP contribution in [0.25, 0.3) is 22.3 Å². The second-order valence-electron chi connectivity index (χ2n) is 12.7. The molecule has 0 aliphatic heterocycles. The van der Waals surface area contributed by atoms with Gasteiger partial charge < -0.3 is 10.0 Å². The number of fused-ring (bicyclic) bond motifs is 3. The summed E-state index contributed by atoms with van der Waals surface area (Å²) in [5.74, 6) is 1.13. The lowest BCUT2D eigenvalue weighted by atomic mass is 9.82. The van der Waals surface area contributed by atoms with Crippen molar-refractivity contribution in [3.05, 3.63) is 181 Å². The number of hydrogen-bond donors (Lipinski definition) is 1. The molecule has 0 unspecified atom stereocenters. The van der Waals surface area contributed by atoms with Gasteiger partial charge in [-0.25, -0.2) is 4.98 Å². The molecule has 4 nitrogen and oxygen atoms in total. The summed E-state index contributed by atoms with van der Waals surface area (Å²) in [7, 11) is 0. The fourth-order valence-electron chi connectivity index (χ4n) is 7.05. The number of aromatic nitrogens is 1. The number of anilines is 6. The van der Waals surface area contributed by atoms with Crippen LogP contribution in [0.4, 0.5) is 34.3 Å². The lowest BCUT2D eigenvalue weighted by molar-refractivity contribution is 0.476. The minimum atomic E-state index is -0.183. The molecule has 0 saturated carbocycles. The number of nitrogens with zero attached hydrogens (tertiary/aromatic N) is 3. The maximum absolute atomic E-state index is 10.9. The smallest absolute Gasteiger partial charge is 0.139 e. The van der Waals surface area contributed by atoms with E-state index >= 15 is 0 Å². The van der Waals surface area contributed by atoms with Crippen molar-refractivity contribution in [2.75, 3.05) is 9.80 Å². The van der Waals surface area contributed by atoms with Gasteiger partial charge in [0.15, 0.2) is 0 Å². The fraction of sp³-hybridized carbons (Fsp3) is 0.0682. The Morgan fingerprint density at radius 2 is 1.04 bits per heavy atom. The average molecular weight is 622 g/mol. The molecule has 0 spiro atoms. The van der Waals surface area contributed by atoms with Crippen LogP contribution in [0, 0.1) is 0 Å². The number of phenols is 1. The Balaban J connectivity index is 1.24. The average Bonchev–Trinajstić information content (AvgIpc) is 3.37. The number of phenolic OH excluding ortho intramolecular Hbond substituents is 1. The minimum Gasteiger partial charge on any atom is -0.507 e. The van der Waals surface area contributed by atoms with E-state index in [4.69, 9.17) is 4.98 Å². The van der Waals surface area contributed by atoms with E-state index < -0.39 is 0 Å². The Morgan fingerprint density at radius 3 is 1.71 bits per heavy atom. The Morgan fingerprint density at radius 1 is 0.479 bits per heavy atom. The summed E-state index contributed by atoms with van der Waals surface area (Å²) >= 11 is 0. The zero-order valence-corrected chi connectivity index (χ0v) is 27.0. The highest BCUT2D eigenvalue weighted by molar-refractivity contribution is 5.89. The predicted octanol–water partition coefficient (Wildman–Crippen LogP) is 11.7. The highest BCUT2D eigenvalue weighted by Crippen LogP contribution is 2.52. The topological polar surface area (TPSA) is 39.6 Å². The first-order valence-corrected chi connectivity index (χ1v) is 16.3. The molecule has 0 saturated heterocycles. The number of benzene rings is 6. The Hall–Kier alpha value is -6.13. The molecule has 8 rings (SSSR count). The van der Waals surface area contributed by atoms with Crippen LogP contribution in [0.1, 0.15) is 25.0 Å². The highest BCUT2D eigenvalue weighted by atomic mass is 16.3. The van der Waals surface area contributed by atoms with Crippen LogP contribution in [0.15, 0.2) is 170 Å². The molecule has 1 N–H and O–H groups in total. The number of para-hydroxylation sites is 3. The molecule has 1 aliphatic rings. The van der Waals surface area contributed by atoms with Gasteiger partial charge in [0.2, 0.25) is 0 Å². The Bertz CT molecular complexity index is 2190. The SMILES string of the molecule is CC1(C)c2ccc(-c3cccc(N(c4ccccc4)c4cc(N(c5ccccc5)c5ccccc5)ccn4)c3)cc2-c2c(O)cccc21. The second-order valence-corrected chi connectivity index (χ2v) is 12.7. The minimum absolute atomic E-state index is 0.183. The summed E-state index contributed by atoms with van der Waals surface area (Å²) in [6.45, 7) is 4.46. The van der Waals surface area contributed by atoms with E-state index in [0.29, 0.717) is 5.75 Å². The van der Waals surface area contributed by atoms with Crippen molar-refractivity contribution in [1.29, 1.82) is 0 Å². The maximum Gasteiger partial charge on any atom is 0.139 e. The van der Waals surface area contributed by atoms with E-state index in [2.05, 4.69) is 157 Å². The van der Waals surface area contributed by atoms with Gasteiger partial charge in [-0.1, -0.05) is 105 Å². The van der Waals surface area contributed by atoms with Gasteiger partial charge in [0, 0.05) is 46.0 Å². The number of hydrogen-bond acceptors (Lipinski definition) is 4. The molecule has 0 amide bonds. The Labute approximate surface area is 281 Å². The van der Waals surface area contributed by atoms with Crippen LogP contribution in [-0.2, 0) is 5.41 Å². The zero-order valence-electron chi connectivity index (χ0n) is 27.0. The van der Waals surface area contributed by atoms with Crippen molar-refractivity contribution < 1.29 is 5.11 Å². The van der Waals surface area contributed by atoms with Gasteiger partial charge in [0.1, 0.15) is 11.6 Å². The Kier molecular flexibility index (Phi) is 7.26. The van der Waals surface area contributed by atoms with Gasteiger partial charge >= 0.3 is 0 Å². The van der Waals surface area contributed by atoms with Crippen LogP contribution in [0.2, 0.25) is 0 Å². The third kappa shape index (κ3) is 5.08. The summed E-state index contributed by atoms with van der Waals surface area (Å²) in [5.41, 5.74) is 11.6. The zero-order chi connectivity index (χ0) is 32.7. The maximum atomic E-state index is 10.9. The molecule has 7 aromatic rings. The molecular formula is C44H35N3O. The standard InChI is InChI=1S/C44H35N3O/c1-44(2)39-25-24-32(29-38(39)43-40(44)22-13-23-41(43)48)31-14-12-21-36(28-31)47(35-19-10-5-11-20-35)42-30-37(26-27-45-42)46(33-15-6-3-7-16-33)34-17-8-4-9-18-34/h3-30,48H,1-2H3. The van der Waals surface area contributed by atoms with Crippen molar-refractivity contribution in [3.63, 3.8) is 0 Å². The van der Waals surface area contributed by atoms with Crippen LogP contribution < -0.4 is 9.80 Å². The molecule has 48 heavy (non-hydrogen) atoms. The van der Waals surface area contributed by atoms with E-state index in [-0.39, 0.29) is 5.41 Å². The van der Waals surface area contributed by atoms with Gasteiger partial charge in [-0.15, -0.1) is 0 Å². The first kappa shape index (κ1) is 29.3. The third-order valence-corrected chi connectivity index (χ3v) is 9.38. The van der Waals surface area contributed by atoms with E-state index in [1.807, 2.05) is 30.5 Å². The van der Waals surface area contributed by atoms with Crippen molar-refractivity contribution in [3.8, 4) is 28.0 Å². The molecule has 232 valence electrons. The third-order valence-electron chi connectivity index (χ3n) is 9.38. The lowest BCUT2D eigenvalue weighted by Crippen LogP contribution is -2.14. The van der Waals surface area contributed by atoms with E-state index in [1.165, 1.54) is 5.56 Å². The van der Waals surface area contributed by atoms with Gasteiger partial charge in [-0.2, -0.15) is 0 Å². The molecule has 6 aromatic carbocycles. The molecule has 1 aromatic heterocycles. The largest absolute Gasteiger partial charge is 0.507 e. The second kappa shape index (κ2) is 11.9. The summed E-state index contributed by atoms with van der Waals surface area (Å²) in [4.78, 5) is 9.40. The van der Waals surface area contributed by atoms with E-state index in [9.17, 15) is 5.11 Å². The summed E-state index contributed by atoms with van der Waals surface area (Å²) in [6, 6.07) is 56.5. The highest BCUT2D eigenvalue weighted by Gasteiger charge is 2.37. The molecule has 0 radical (unpaired) electrons. The normalized spacial score (nSPS) is 12.6. The van der Waals surface area contributed by atoms with Crippen LogP contribution in [0.5, 0.6) is 5.75 Å². The molecule has 0 fully saturated rings. The molecule has 4 heteroatoms. The van der Waals surface area contributed by atoms with Crippen molar-refractivity contribution >= 4 is 34.3 Å². The fourth-order valence-corrected chi connectivity index (χ4v) is 7.05. The van der Waals surface area contributed by atoms with Crippen molar-refractivity contribution in [2.24, 2.45) is 0 Å². The molecule has 1 aliphatic carbocycles. The lowest BCUT2D eigenvalue weighted by Gasteiger charge is -2.28. The summed E-state index contributed by atoms with van der Waals surface area (Å²) in [5, 5.41) is 10.9. The quantitative estimate of drug-likeness (QED) is 0.192. The molecule has 0 atom stereocenters. The van der Waals surface area contributed by atoms with Crippen molar-refractivity contribution in [2.45, 2.75) is 19.3 Å². The first-order valence-electron chi connectivity index (χ1n) is 16.3. The van der Waals surface area contributed by atoms with Gasteiger partial charge in [-0.3, -0.25) is 4.90 Å². The van der Waals surface area contributed by atoms with Crippen LogP contribution >= 0.6 is 0 Å². The van der Waals surface area contributed by atoms with E-state index in [0.717, 1.165) is 62.1 Å². The molecule has 0 bridgehead atoms. The van der Waals surface area contributed by atoms with Gasteiger partial charge in [0.05, 0.1) is 5.69 Å². The molecular weight excluding hydrogens is 587 g/mol. The first-order chi connectivity index (χ1) is 23.5. The molecule has 1 heterocycles. The van der Waals surface area contributed by atoms with Gasteiger partial charge in [0.25, 0.3) is 0 Å². The predicted molar refractivity (Wildman–Crippen MR) is 198 cm³/mol. The van der Waals surface area contributed by atoms with Crippen molar-refractivity contribution in [1.82, 2.24) is 4.98 Å². The number of pyridine rings is 1.